The Labute approximate surface area is 162 Å². The van der Waals surface area contributed by atoms with Gasteiger partial charge in [-0.25, -0.2) is 9.59 Å². The van der Waals surface area contributed by atoms with Crippen molar-refractivity contribution in [2.75, 3.05) is 19.8 Å². The summed E-state index contributed by atoms with van der Waals surface area (Å²) in [4.78, 5) is 23.3. The van der Waals surface area contributed by atoms with Crippen molar-refractivity contribution in [2.24, 2.45) is 0 Å². The Morgan fingerprint density at radius 2 is 1.59 bits per heavy atom. The van der Waals surface area contributed by atoms with E-state index in [0.717, 1.165) is 16.9 Å². The molecule has 0 atom stereocenters. The van der Waals surface area contributed by atoms with Crippen LogP contribution in [0.15, 0.2) is 18.2 Å². The van der Waals surface area contributed by atoms with Crippen molar-refractivity contribution < 1.29 is 19.1 Å². The molecule has 0 fully saturated rings. The summed E-state index contributed by atoms with van der Waals surface area (Å²) in [6, 6.07) is 5.62. The standard InChI is InChI=1S/C20H33N3O4/c1-14-8-9-16(15(12-14)19(2,3)4)26-13-23-17(24)21-10-11-22-18(25)27-20(5,6)7/h8-9,12H,10-11,13H2,1-7H3,(H,22,25)(H2,21,23,24). The Morgan fingerprint density at radius 1 is 0.963 bits per heavy atom. The van der Waals surface area contributed by atoms with E-state index in [9.17, 15) is 9.59 Å². The number of carbonyl (C=O) groups excluding carboxylic acids is 2. The van der Waals surface area contributed by atoms with Gasteiger partial charge in [-0.3, -0.25) is 0 Å². The van der Waals surface area contributed by atoms with Gasteiger partial charge in [0.1, 0.15) is 11.4 Å². The summed E-state index contributed by atoms with van der Waals surface area (Å²) in [7, 11) is 0. The molecular weight excluding hydrogens is 346 g/mol. The quantitative estimate of drug-likeness (QED) is 0.522. The number of hydrogen-bond acceptors (Lipinski definition) is 4. The summed E-state index contributed by atoms with van der Waals surface area (Å²) in [5.41, 5.74) is 1.65. The third-order valence-corrected chi connectivity index (χ3v) is 3.48. The number of ether oxygens (including phenoxy) is 2. The number of rotatable bonds is 6. The number of aryl methyl sites for hydroxylation is 1. The van der Waals surface area contributed by atoms with E-state index in [1.54, 1.807) is 20.8 Å². The molecule has 0 aromatic heterocycles. The molecule has 0 saturated carbocycles. The fourth-order valence-corrected chi connectivity index (χ4v) is 2.25. The van der Waals surface area contributed by atoms with E-state index >= 15 is 0 Å². The number of carbonyl (C=O) groups is 2. The maximum Gasteiger partial charge on any atom is 0.407 e. The fraction of sp³-hybridized carbons (Fsp3) is 0.600. The van der Waals surface area contributed by atoms with Crippen LogP contribution in [0.1, 0.15) is 52.7 Å². The van der Waals surface area contributed by atoms with Crippen molar-refractivity contribution in [3.63, 3.8) is 0 Å². The molecule has 0 bridgehead atoms. The Balaban J connectivity index is 2.33. The lowest BCUT2D eigenvalue weighted by molar-refractivity contribution is 0.0528. The number of amides is 3. The van der Waals surface area contributed by atoms with Gasteiger partial charge in [0.25, 0.3) is 0 Å². The van der Waals surface area contributed by atoms with Crippen LogP contribution in [0.25, 0.3) is 0 Å². The number of nitrogens with one attached hydrogen (secondary N) is 3. The molecule has 3 amide bonds. The summed E-state index contributed by atoms with van der Waals surface area (Å²) in [6.07, 6.45) is -0.512. The lowest BCUT2D eigenvalue weighted by Gasteiger charge is -2.23. The maximum atomic E-state index is 11.8. The molecule has 0 radical (unpaired) electrons. The first kappa shape index (κ1) is 22.6. The predicted molar refractivity (Wildman–Crippen MR) is 106 cm³/mol. The SMILES string of the molecule is Cc1ccc(OCNC(=O)NCCNC(=O)OC(C)(C)C)c(C(C)(C)C)c1. The van der Waals surface area contributed by atoms with Gasteiger partial charge in [0, 0.05) is 13.1 Å². The first-order valence-corrected chi connectivity index (χ1v) is 9.11. The van der Waals surface area contributed by atoms with E-state index in [2.05, 4.69) is 42.8 Å². The fourth-order valence-electron chi connectivity index (χ4n) is 2.25. The van der Waals surface area contributed by atoms with Crippen molar-refractivity contribution in [1.82, 2.24) is 16.0 Å². The topological polar surface area (TPSA) is 88.7 Å². The molecule has 152 valence electrons. The van der Waals surface area contributed by atoms with E-state index in [1.165, 1.54) is 0 Å². The lowest BCUT2D eigenvalue weighted by Crippen LogP contribution is -2.42. The second kappa shape index (κ2) is 9.48. The van der Waals surface area contributed by atoms with E-state index in [0.29, 0.717) is 0 Å². The highest BCUT2D eigenvalue weighted by atomic mass is 16.6. The molecule has 0 aliphatic rings. The first-order chi connectivity index (χ1) is 12.4. The second-order valence-corrected chi connectivity index (χ2v) is 8.40. The summed E-state index contributed by atoms with van der Waals surface area (Å²) in [5.74, 6) is 0.750. The summed E-state index contributed by atoms with van der Waals surface area (Å²) in [5, 5.41) is 7.85. The number of urea groups is 1. The number of hydrogen-bond donors (Lipinski definition) is 3. The normalized spacial score (nSPS) is 11.5. The smallest absolute Gasteiger partial charge is 0.407 e. The average Bonchev–Trinajstić information content (AvgIpc) is 2.50. The van der Waals surface area contributed by atoms with Crippen molar-refractivity contribution >= 4 is 12.1 Å². The Kier molecular flexibility index (Phi) is 7.94. The van der Waals surface area contributed by atoms with Gasteiger partial charge in [-0.2, -0.15) is 0 Å². The van der Waals surface area contributed by atoms with Gasteiger partial charge < -0.3 is 25.4 Å². The highest BCUT2D eigenvalue weighted by Crippen LogP contribution is 2.31. The van der Waals surface area contributed by atoms with Crippen LogP contribution in [0.4, 0.5) is 9.59 Å². The van der Waals surface area contributed by atoms with Crippen molar-refractivity contribution in [1.29, 1.82) is 0 Å². The molecule has 7 nitrogen and oxygen atoms in total. The average molecular weight is 380 g/mol. The highest BCUT2D eigenvalue weighted by Gasteiger charge is 2.19. The van der Waals surface area contributed by atoms with Crippen LogP contribution in [0, 0.1) is 6.92 Å². The molecule has 1 rings (SSSR count). The molecule has 0 aliphatic heterocycles. The minimum atomic E-state index is -0.548. The molecule has 0 unspecified atom stereocenters. The Hall–Kier alpha value is -2.44. The first-order valence-electron chi connectivity index (χ1n) is 9.11. The monoisotopic (exact) mass is 379 g/mol. The van der Waals surface area contributed by atoms with E-state index in [-0.39, 0.29) is 31.3 Å². The van der Waals surface area contributed by atoms with Crippen LogP contribution < -0.4 is 20.7 Å². The van der Waals surface area contributed by atoms with Crippen LogP contribution in [0.3, 0.4) is 0 Å². The largest absolute Gasteiger partial charge is 0.473 e. The minimum absolute atomic E-state index is 0.0530. The molecule has 7 heteroatoms. The van der Waals surface area contributed by atoms with E-state index in [4.69, 9.17) is 9.47 Å². The van der Waals surface area contributed by atoms with Gasteiger partial charge >= 0.3 is 12.1 Å². The molecular formula is C20H33N3O4. The molecule has 0 heterocycles. The molecule has 3 N–H and O–H groups in total. The van der Waals surface area contributed by atoms with Crippen LogP contribution in [-0.2, 0) is 10.2 Å². The predicted octanol–water partition coefficient (Wildman–Crippen LogP) is 3.45. The highest BCUT2D eigenvalue weighted by molar-refractivity contribution is 5.73. The van der Waals surface area contributed by atoms with E-state index in [1.807, 2.05) is 19.1 Å². The van der Waals surface area contributed by atoms with Crippen LogP contribution in [0.2, 0.25) is 0 Å². The summed E-state index contributed by atoms with van der Waals surface area (Å²) in [6.45, 7) is 14.4. The van der Waals surface area contributed by atoms with Crippen LogP contribution >= 0.6 is 0 Å². The third kappa shape index (κ3) is 9.17. The van der Waals surface area contributed by atoms with Crippen molar-refractivity contribution in [3.8, 4) is 5.75 Å². The number of alkyl carbamates (subject to hydrolysis) is 1. The molecule has 0 spiro atoms. The molecule has 0 saturated heterocycles. The van der Waals surface area contributed by atoms with Gasteiger partial charge in [-0.15, -0.1) is 0 Å². The minimum Gasteiger partial charge on any atom is -0.473 e. The van der Waals surface area contributed by atoms with Gasteiger partial charge in [0.15, 0.2) is 6.73 Å². The summed E-state index contributed by atoms with van der Waals surface area (Å²) < 4.78 is 10.8. The zero-order valence-electron chi connectivity index (χ0n) is 17.5. The molecule has 27 heavy (non-hydrogen) atoms. The van der Waals surface area contributed by atoms with Gasteiger partial charge in [0.2, 0.25) is 0 Å². The van der Waals surface area contributed by atoms with Gasteiger partial charge in [-0.1, -0.05) is 38.5 Å². The zero-order chi connectivity index (χ0) is 20.7. The molecule has 1 aromatic carbocycles. The number of benzene rings is 1. The Morgan fingerprint density at radius 3 is 2.19 bits per heavy atom. The van der Waals surface area contributed by atoms with Crippen molar-refractivity contribution in [2.45, 2.75) is 59.5 Å². The third-order valence-electron chi connectivity index (χ3n) is 3.48. The zero-order valence-corrected chi connectivity index (χ0v) is 17.5. The van der Waals surface area contributed by atoms with Crippen LogP contribution in [0.5, 0.6) is 5.75 Å². The van der Waals surface area contributed by atoms with Crippen molar-refractivity contribution in [3.05, 3.63) is 29.3 Å². The van der Waals surface area contributed by atoms with E-state index < -0.39 is 11.7 Å². The molecule has 0 aliphatic carbocycles. The second-order valence-electron chi connectivity index (χ2n) is 8.40. The van der Waals surface area contributed by atoms with Crippen LogP contribution in [-0.4, -0.2) is 37.5 Å². The maximum absolute atomic E-state index is 11.8. The lowest BCUT2D eigenvalue weighted by atomic mass is 9.85. The Bertz CT molecular complexity index is 646. The molecule has 1 aromatic rings. The summed E-state index contributed by atoms with van der Waals surface area (Å²) >= 11 is 0. The van der Waals surface area contributed by atoms with Gasteiger partial charge in [-0.05, 0) is 44.7 Å². The van der Waals surface area contributed by atoms with Gasteiger partial charge in [0.05, 0.1) is 0 Å².